The average Bonchev–Trinajstić information content (AvgIpc) is 3.11. The lowest BCUT2D eigenvalue weighted by molar-refractivity contribution is -0.317. The predicted octanol–water partition coefficient (Wildman–Crippen LogP) is 1.53. The van der Waals surface area contributed by atoms with Crippen LogP contribution in [0.3, 0.4) is 0 Å². The fraction of sp³-hybridized carbons (Fsp3) is 0.963. The fourth-order valence-corrected chi connectivity index (χ4v) is 9.33. The van der Waals surface area contributed by atoms with E-state index in [1.165, 1.54) is 0 Å². The Morgan fingerprint density at radius 2 is 1.69 bits per heavy atom. The topological polar surface area (TPSA) is 137 Å². The molecule has 0 spiro atoms. The molecule has 35 heavy (non-hydrogen) atoms. The molecule has 0 amide bonds. The van der Waals surface area contributed by atoms with Crippen molar-refractivity contribution < 1.29 is 39.8 Å². The van der Waals surface area contributed by atoms with Crippen molar-refractivity contribution in [2.75, 3.05) is 6.61 Å². The molecule has 4 saturated carbocycles. The summed E-state index contributed by atoms with van der Waals surface area (Å²) in [5.74, 6) is 1.23. The Morgan fingerprint density at radius 3 is 2.37 bits per heavy atom. The third-order valence-corrected chi connectivity index (χ3v) is 11.5. The van der Waals surface area contributed by atoms with E-state index in [0.29, 0.717) is 11.8 Å². The second-order valence-electron chi connectivity index (χ2n) is 12.8. The van der Waals surface area contributed by atoms with E-state index in [4.69, 9.17) is 9.47 Å². The summed E-state index contributed by atoms with van der Waals surface area (Å²) in [5.41, 5.74) is -1.01. The molecule has 1 heterocycles. The first-order valence-corrected chi connectivity index (χ1v) is 13.6. The minimum absolute atomic E-state index is 0.0401. The quantitative estimate of drug-likeness (QED) is 0.370. The Balaban J connectivity index is 1.29. The molecule has 0 aromatic carbocycles. The molecule has 4 aliphatic carbocycles. The lowest BCUT2D eigenvalue weighted by atomic mass is 9.43. The largest absolute Gasteiger partial charge is 0.394 e. The molecule has 8 nitrogen and oxygen atoms in total. The maximum absolute atomic E-state index is 12.4. The molecule has 0 radical (unpaired) electrons. The van der Waals surface area contributed by atoms with Gasteiger partial charge in [-0.3, -0.25) is 4.79 Å². The number of hydrogen-bond acceptors (Lipinski definition) is 8. The van der Waals surface area contributed by atoms with Crippen molar-refractivity contribution in [2.24, 2.45) is 34.5 Å². The fourth-order valence-electron chi connectivity index (χ4n) is 9.33. The summed E-state index contributed by atoms with van der Waals surface area (Å²) in [6, 6.07) is 0. The van der Waals surface area contributed by atoms with E-state index in [2.05, 4.69) is 13.8 Å². The lowest BCUT2D eigenvalue weighted by Crippen LogP contribution is -2.63. The molecular formula is C27H44O8. The number of ether oxygens (including phenoxy) is 2. The van der Waals surface area contributed by atoms with E-state index in [0.717, 1.165) is 57.8 Å². The highest BCUT2D eigenvalue weighted by molar-refractivity contribution is 5.80. The van der Waals surface area contributed by atoms with Crippen LogP contribution in [0.15, 0.2) is 0 Å². The molecular weight excluding hydrogens is 452 g/mol. The van der Waals surface area contributed by atoms with Crippen LogP contribution < -0.4 is 0 Å². The van der Waals surface area contributed by atoms with Gasteiger partial charge in [0, 0.05) is 11.3 Å². The van der Waals surface area contributed by atoms with Crippen molar-refractivity contribution in [3.05, 3.63) is 0 Å². The number of fused-ring (bicyclic) bond motifs is 5. The Bertz CT molecular complexity index is 819. The van der Waals surface area contributed by atoms with Crippen LogP contribution >= 0.6 is 0 Å². The third-order valence-electron chi connectivity index (χ3n) is 11.5. The number of hydrogen-bond donors (Lipinski definition) is 5. The number of carbonyl (C=O) groups is 1. The van der Waals surface area contributed by atoms with Crippen LogP contribution in [0, 0.1) is 34.5 Å². The molecule has 0 bridgehead atoms. The van der Waals surface area contributed by atoms with E-state index in [9.17, 15) is 30.3 Å². The highest BCUT2D eigenvalue weighted by Gasteiger charge is 2.67. The summed E-state index contributed by atoms with van der Waals surface area (Å²) in [6.45, 7) is 5.75. The first-order chi connectivity index (χ1) is 16.5. The van der Waals surface area contributed by atoms with Gasteiger partial charge >= 0.3 is 0 Å². The third kappa shape index (κ3) is 3.77. The molecule has 13 atom stereocenters. The molecule has 1 aliphatic heterocycles. The Labute approximate surface area is 208 Å². The maximum atomic E-state index is 12.4. The Hall–Kier alpha value is -0.610. The number of ketones is 1. The normalized spacial score (nSPS) is 56.1. The van der Waals surface area contributed by atoms with Gasteiger partial charge < -0.3 is 35.0 Å². The molecule has 0 aromatic rings. The highest BCUT2D eigenvalue weighted by atomic mass is 16.7. The monoisotopic (exact) mass is 496 g/mol. The van der Waals surface area contributed by atoms with Crippen LogP contribution in [0.1, 0.15) is 78.6 Å². The molecule has 5 N–H and O–H groups in total. The number of carbonyl (C=O) groups excluding carboxylic acids is 1. The molecule has 0 aromatic heterocycles. The second kappa shape index (κ2) is 9.00. The zero-order valence-corrected chi connectivity index (χ0v) is 21.3. The summed E-state index contributed by atoms with van der Waals surface area (Å²) < 4.78 is 11.7. The summed E-state index contributed by atoms with van der Waals surface area (Å²) in [5, 5.41) is 52.1. The Morgan fingerprint density at radius 1 is 0.943 bits per heavy atom. The van der Waals surface area contributed by atoms with Gasteiger partial charge in [-0.05, 0) is 87.9 Å². The van der Waals surface area contributed by atoms with Gasteiger partial charge in [0.15, 0.2) is 6.29 Å². The van der Waals surface area contributed by atoms with E-state index in [1.54, 1.807) is 6.92 Å². The zero-order valence-electron chi connectivity index (χ0n) is 21.3. The van der Waals surface area contributed by atoms with Gasteiger partial charge in [0.2, 0.25) is 0 Å². The van der Waals surface area contributed by atoms with Gasteiger partial charge in [-0.2, -0.15) is 0 Å². The summed E-state index contributed by atoms with van der Waals surface area (Å²) in [4.78, 5) is 12.4. The van der Waals surface area contributed by atoms with Gasteiger partial charge in [0.1, 0.15) is 30.2 Å². The van der Waals surface area contributed by atoms with Crippen LogP contribution in [0.4, 0.5) is 0 Å². The van der Waals surface area contributed by atoms with Crippen molar-refractivity contribution >= 4 is 5.78 Å². The van der Waals surface area contributed by atoms with Crippen molar-refractivity contribution in [3.8, 4) is 0 Å². The summed E-state index contributed by atoms with van der Waals surface area (Å²) in [7, 11) is 0. The van der Waals surface area contributed by atoms with Crippen molar-refractivity contribution in [1.82, 2.24) is 0 Å². The molecule has 8 heteroatoms. The van der Waals surface area contributed by atoms with E-state index < -0.39 is 42.9 Å². The molecule has 5 rings (SSSR count). The van der Waals surface area contributed by atoms with Crippen LogP contribution in [-0.2, 0) is 14.3 Å². The highest BCUT2D eigenvalue weighted by Crippen LogP contribution is 2.69. The maximum Gasteiger partial charge on any atom is 0.186 e. The number of aliphatic hydroxyl groups is 5. The van der Waals surface area contributed by atoms with Crippen molar-refractivity contribution in [2.45, 2.75) is 121 Å². The standard InChI is InChI=1S/C27H44O8/c1-14(29)17-8-11-27(33)19-5-4-15-12-16(6-9-25(15,2)18(19)7-10-26(17,27)3)34-24-23(32)22(31)21(30)20(13-28)35-24/h15-24,28,30-33H,4-13H2,1-3H3/t15-,16+,17-,18+,19-,20-,21-,22+,23-,24-,25+,26-,27+/m1/s1. The molecule has 0 unspecified atom stereocenters. The van der Waals surface area contributed by atoms with Crippen molar-refractivity contribution in [1.29, 1.82) is 0 Å². The first kappa shape index (κ1) is 26.0. The SMILES string of the molecule is CC(=O)[C@H]1CC[C@]2(O)[C@@H]3CC[C@@H]4C[C@@H](O[C@@H]5O[C@H](CO)[C@@H](O)[C@H](O)[C@H]5O)CC[C@]4(C)[C@H]3CC[C@]12C. The van der Waals surface area contributed by atoms with Gasteiger partial charge in [0.25, 0.3) is 0 Å². The van der Waals surface area contributed by atoms with E-state index in [-0.39, 0.29) is 34.6 Å². The second-order valence-corrected chi connectivity index (χ2v) is 12.8. The number of rotatable bonds is 4. The van der Waals surface area contributed by atoms with Crippen LogP contribution in [0.25, 0.3) is 0 Å². The molecule has 5 fully saturated rings. The first-order valence-electron chi connectivity index (χ1n) is 13.6. The van der Waals surface area contributed by atoms with Gasteiger partial charge in [-0.1, -0.05) is 13.8 Å². The molecule has 200 valence electrons. The smallest absolute Gasteiger partial charge is 0.186 e. The number of aliphatic hydroxyl groups excluding tert-OH is 4. The van der Waals surface area contributed by atoms with Gasteiger partial charge in [-0.25, -0.2) is 0 Å². The van der Waals surface area contributed by atoms with Crippen molar-refractivity contribution in [3.63, 3.8) is 0 Å². The minimum atomic E-state index is -1.43. The summed E-state index contributed by atoms with van der Waals surface area (Å²) in [6.07, 6.45) is 1.55. The Kier molecular flexibility index (Phi) is 6.69. The average molecular weight is 497 g/mol. The van der Waals surface area contributed by atoms with Crippen LogP contribution in [0.2, 0.25) is 0 Å². The predicted molar refractivity (Wildman–Crippen MR) is 126 cm³/mol. The van der Waals surface area contributed by atoms with E-state index in [1.807, 2.05) is 0 Å². The zero-order chi connectivity index (χ0) is 25.3. The van der Waals surface area contributed by atoms with Gasteiger partial charge in [0.05, 0.1) is 18.3 Å². The minimum Gasteiger partial charge on any atom is -0.394 e. The summed E-state index contributed by atoms with van der Waals surface area (Å²) >= 11 is 0. The molecule has 1 saturated heterocycles. The van der Waals surface area contributed by atoms with E-state index >= 15 is 0 Å². The van der Waals surface area contributed by atoms with Crippen LogP contribution in [0.5, 0.6) is 0 Å². The number of Topliss-reactive ketones (excluding diaryl/α,β-unsaturated/α-hetero) is 1. The molecule has 5 aliphatic rings. The lowest BCUT2D eigenvalue weighted by Gasteiger charge is -2.63. The van der Waals surface area contributed by atoms with Gasteiger partial charge in [-0.15, -0.1) is 0 Å². The van der Waals surface area contributed by atoms with Crippen LogP contribution in [-0.4, -0.2) is 80.3 Å².